The van der Waals surface area contributed by atoms with Crippen LogP contribution in [0.2, 0.25) is 0 Å². The summed E-state index contributed by atoms with van der Waals surface area (Å²) >= 11 is 1.17. The van der Waals surface area contributed by atoms with Gasteiger partial charge in [0.05, 0.1) is 4.88 Å². The van der Waals surface area contributed by atoms with E-state index in [1.165, 1.54) is 29.9 Å². The summed E-state index contributed by atoms with van der Waals surface area (Å²) in [5, 5.41) is 9.25. The van der Waals surface area contributed by atoms with Crippen molar-refractivity contribution in [3.8, 4) is 10.6 Å². The number of carboxylic acids is 1. The van der Waals surface area contributed by atoms with Crippen molar-refractivity contribution >= 4 is 22.4 Å². The molecule has 0 saturated heterocycles. The van der Waals surface area contributed by atoms with Crippen LogP contribution in [-0.4, -0.2) is 26.0 Å². The van der Waals surface area contributed by atoms with Crippen LogP contribution in [0.5, 0.6) is 0 Å². The van der Waals surface area contributed by atoms with E-state index < -0.39 is 5.97 Å². The molecule has 0 aliphatic carbocycles. The lowest BCUT2D eigenvalue weighted by Gasteiger charge is -1.99. The molecule has 0 fully saturated rings. The molecule has 0 atom stereocenters. The highest BCUT2D eigenvalue weighted by Crippen LogP contribution is 2.27. The smallest absolute Gasteiger partial charge is 0.356 e. The number of aromatic carboxylic acids is 1. The molecule has 0 saturated carbocycles. The molecule has 0 aromatic carbocycles. The molecule has 7 heteroatoms. The third-order valence-corrected chi connectivity index (χ3v) is 2.49. The number of carboxylic acid groups (broad SMARTS) is 1. The van der Waals surface area contributed by atoms with E-state index >= 15 is 0 Å². The van der Waals surface area contributed by atoms with Crippen LogP contribution in [0, 0.1) is 0 Å². The van der Waals surface area contributed by atoms with Crippen LogP contribution < -0.4 is 5.73 Å². The first-order valence-corrected chi connectivity index (χ1v) is 4.76. The zero-order valence-corrected chi connectivity index (χ0v) is 8.23. The average molecular weight is 222 g/mol. The summed E-state index contributed by atoms with van der Waals surface area (Å²) in [6, 6.07) is 0. The number of nitrogens with zero attached hydrogens (tertiary/aromatic N) is 3. The first-order chi connectivity index (χ1) is 7.18. The summed E-state index contributed by atoms with van der Waals surface area (Å²) in [6.07, 6.45) is 4.24. The topological polar surface area (TPSA) is 102 Å². The maximum absolute atomic E-state index is 10.9. The third-order valence-electron chi connectivity index (χ3n) is 1.66. The van der Waals surface area contributed by atoms with Crippen LogP contribution in [0.4, 0.5) is 5.13 Å². The second-order valence-corrected chi connectivity index (χ2v) is 3.68. The Morgan fingerprint density at radius 2 is 2.07 bits per heavy atom. The molecule has 15 heavy (non-hydrogen) atoms. The number of rotatable bonds is 2. The second kappa shape index (κ2) is 3.62. The summed E-state index contributed by atoms with van der Waals surface area (Å²) in [7, 11) is 0. The SMILES string of the molecule is Nc1ncc(-c2nccnc2C(=O)O)s1. The van der Waals surface area contributed by atoms with Crippen LogP contribution in [-0.2, 0) is 0 Å². The number of carbonyl (C=O) groups is 1. The predicted molar refractivity (Wildman–Crippen MR) is 54.5 cm³/mol. The van der Waals surface area contributed by atoms with Crippen LogP contribution in [0.1, 0.15) is 10.5 Å². The van der Waals surface area contributed by atoms with E-state index in [-0.39, 0.29) is 5.69 Å². The van der Waals surface area contributed by atoms with Gasteiger partial charge in [-0.15, -0.1) is 0 Å². The lowest BCUT2D eigenvalue weighted by molar-refractivity contribution is 0.0691. The van der Waals surface area contributed by atoms with E-state index in [4.69, 9.17) is 10.8 Å². The van der Waals surface area contributed by atoms with Gasteiger partial charge in [-0.05, 0) is 0 Å². The number of nitrogens with two attached hydrogens (primary N) is 1. The summed E-state index contributed by atoms with van der Waals surface area (Å²) in [6.45, 7) is 0. The quantitative estimate of drug-likeness (QED) is 0.782. The molecule has 2 aromatic rings. The van der Waals surface area contributed by atoms with Gasteiger partial charge < -0.3 is 10.8 Å². The minimum absolute atomic E-state index is 0.0962. The van der Waals surface area contributed by atoms with Crippen molar-refractivity contribution in [2.24, 2.45) is 0 Å². The Kier molecular flexibility index (Phi) is 2.30. The molecule has 3 N–H and O–H groups in total. The van der Waals surface area contributed by atoms with E-state index in [0.29, 0.717) is 15.7 Å². The van der Waals surface area contributed by atoms with Gasteiger partial charge in [-0.1, -0.05) is 11.3 Å². The van der Waals surface area contributed by atoms with E-state index in [1.54, 1.807) is 0 Å². The molecule has 0 bridgehead atoms. The highest BCUT2D eigenvalue weighted by Gasteiger charge is 2.15. The number of nitrogen functional groups attached to an aromatic ring is 1. The molecule has 0 spiro atoms. The van der Waals surface area contributed by atoms with Gasteiger partial charge in [0.2, 0.25) is 0 Å². The molecular formula is C8H6N4O2S. The molecule has 2 aromatic heterocycles. The van der Waals surface area contributed by atoms with E-state index in [9.17, 15) is 4.79 Å². The maximum atomic E-state index is 10.9. The molecule has 0 unspecified atom stereocenters. The van der Waals surface area contributed by atoms with E-state index in [1.807, 2.05) is 0 Å². The Morgan fingerprint density at radius 1 is 1.33 bits per heavy atom. The zero-order valence-electron chi connectivity index (χ0n) is 7.41. The van der Waals surface area contributed by atoms with Crippen molar-refractivity contribution in [2.75, 3.05) is 5.73 Å². The van der Waals surface area contributed by atoms with E-state index in [0.717, 1.165) is 0 Å². The minimum atomic E-state index is -1.12. The van der Waals surface area contributed by atoms with Crippen molar-refractivity contribution < 1.29 is 9.90 Å². The highest BCUT2D eigenvalue weighted by molar-refractivity contribution is 7.18. The fourth-order valence-corrected chi connectivity index (χ4v) is 1.75. The molecule has 0 amide bonds. The molecule has 2 rings (SSSR count). The van der Waals surface area contributed by atoms with Crippen LogP contribution in [0.15, 0.2) is 18.6 Å². The number of aromatic nitrogens is 3. The number of hydrogen-bond donors (Lipinski definition) is 2. The summed E-state index contributed by atoms with van der Waals surface area (Å²) in [5.41, 5.74) is 5.65. The summed E-state index contributed by atoms with van der Waals surface area (Å²) in [4.78, 5) is 23.0. The lowest BCUT2D eigenvalue weighted by Crippen LogP contribution is -2.03. The zero-order chi connectivity index (χ0) is 10.8. The summed E-state index contributed by atoms with van der Waals surface area (Å²) in [5.74, 6) is -1.12. The van der Waals surface area contributed by atoms with Gasteiger partial charge in [0.15, 0.2) is 10.8 Å². The van der Waals surface area contributed by atoms with Gasteiger partial charge in [-0.2, -0.15) is 0 Å². The van der Waals surface area contributed by atoms with Crippen molar-refractivity contribution in [1.29, 1.82) is 0 Å². The maximum Gasteiger partial charge on any atom is 0.356 e. The molecule has 2 heterocycles. The van der Waals surface area contributed by atoms with Crippen molar-refractivity contribution in [1.82, 2.24) is 15.0 Å². The largest absolute Gasteiger partial charge is 0.476 e. The Hall–Kier alpha value is -2.02. The van der Waals surface area contributed by atoms with Crippen LogP contribution >= 0.6 is 11.3 Å². The molecular weight excluding hydrogens is 216 g/mol. The normalized spacial score (nSPS) is 10.1. The van der Waals surface area contributed by atoms with Crippen molar-refractivity contribution in [3.63, 3.8) is 0 Å². The van der Waals surface area contributed by atoms with Crippen molar-refractivity contribution in [2.45, 2.75) is 0 Å². The Balaban J connectivity index is 2.57. The van der Waals surface area contributed by atoms with Gasteiger partial charge in [-0.25, -0.2) is 14.8 Å². The Labute approximate surface area is 88.4 Å². The van der Waals surface area contributed by atoms with Gasteiger partial charge in [0, 0.05) is 18.6 Å². The fraction of sp³-hybridized carbons (Fsp3) is 0. The first-order valence-electron chi connectivity index (χ1n) is 3.94. The molecule has 0 aliphatic heterocycles. The number of hydrogen-bond acceptors (Lipinski definition) is 6. The van der Waals surface area contributed by atoms with Gasteiger partial charge in [0.25, 0.3) is 0 Å². The molecule has 0 radical (unpaired) electrons. The van der Waals surface area contributed by atoms with Crippen molar-refractivity contribution in [3.05, 3.63) is 24.3 Å². The summed E-state index contributed by atoms with van der Waals surface area (Å²) < 4.78 is 0. The Morgan fingerprint density at radius 3 is 2.67 bits per heavy atom. The average Bonchev–Trinajstić information content (AvgIpc) is 2.65. The molecule has 6 nitrogen and oxygen atoms in total. The van der Waals surface area contributed by atoms with E-state index in [2.05, 4.69) is 15.0 Å². The monoisotopic (exact) mass is 222 g/mol. The standard InChI is InChI=1S/C8H6N4O2S/c9-8-12-3-4(15-8)5-6(7(13)14)11-2-1-10-5/h1-3H,(H2,9,12)(H,13,14). The number of thiazole rings is 1. The number of anilines is 1. The van der Waals surface area contributed by atoms with Crippen LogP contribution in [0.3, 0.4) is 0 Å². The predicted octanol–water partition coefficient (Wildman–Crippen LogP) is 0.881. The van der Waals surface area contributed by atoms with Gasteiger partial charge in [0.1, 0.15) is 5.69 Å². The second-order valence-electron chi connectivity index (χ2n) is 2.62. The fourth-order valence-electron chi connectivity index (χ4n) is 1.07. The first kappa shape index (κ1) is 9.53. The minimum Gasteiger partial charge on any atom is -0.476 e. The highest BCUT2D eigenvalue weighted by atomic mass is 32.1. The molecule has 76 valence electrons. The van der Waals surface area contributed by atoms with Crippen LogP contribution in [0.25, 0.3) is 10.6 Å². The van der Waals surface area contributed by atoms with Gasteiger partial charge in [-0.3, -0.25) is 4.98 Å². The third kappa shape index (κ3) is 1.77. The molecule has 0 aliphatic rings. The van der Waals surface area contributed by atoms with Gasteiger partial charge >= 0.3 is 5.97 Å². The lowest BCUT2D eigenvalue weighted by atomic mass is 10.3. The Bertz CT molecular complexity index is 511.